The summed E-state index contributed by atoms with van der Waals surface area (Å²) in [6, 6.07) is 3.52. The summed E-state index contributed by atoms with van der Waals surface area (Å²) in [6.07, 6.45) is -2.94. The van der Waals surface area contributed by atoms with Gasteiger partial charge in [-0.2, -0.15) is 0 Å². The van der Waals surface area contributed by atoms with Crippen LogP contribution in [0.1, 0.15) is 27.6 Å². The quantitative estimate of drug-likeness (QED) is 0.887. The maximum absolute atomic E-state index is 11.4. The zero-order chi connectivity index (χ0) is 25.2. The summed E-state index contributed by atoms with van der Waals surface area (Å²) in [4.78, 5) is 13.7. The van der Waals surface area contributed by atoms with Crippen molar-refractivity contribution in [1.29, 1.82) is 0 Å². The minimum atomic E-state index is -3.49. The zero-order valence-corrected chi connectivity index (χ0v) is 10.9. The number of carbonyl (C=O) groups excluding carboxylic acids is 1. The van der Waals surface area contributed by atoms with Crippen LogP contribution in [-0.4, -0.2) is 49.0 Å². The number of rotatable bonds is 5. The third-order valence-electron chi connectivity index (χ3n) is 3.07. The number of H-pyrrole nitrogens is 1. The van der Waals surface area contributed by atoms with Crippen LogP contribution < -0.4 is 5.32 Å². The normalized spacial score (nSPS) is 31.7. The fourth-order valence-corrected chi connectivity index (χ4v) is 2.17. The van der Waals surface area contributed by atoms with Crippen LogP contribution in [0, 0.1) is 0 Å². The van der Waals surface area contributed by atoms with Gasteiger partial charge in [-0.05, 0) is 50.0 Å². The molecule has 1 aromatic heterocycles. The molecular weight excluding hydrogens is 266 g/mol. The molecule has 1 fully saturated rings. The van der Waals surface area contributed by atoms with Crippen LogP contribution in [0.5, 0.6) is 0 Å². The van der Waals surface area contributed by atoms with E-state index in [4.69, 9.17) is 16.4 Å². The molecule has 112 valence electrons. The van der Waals surface area contributed by atoms with E-state index in [1.54, 1.807) is 6.07 Å². The molecule has 1 amide bonds. The predicted octanol–water partition coefficient (Wildman–Crippen LogP) is 1.92. The highest BCUT2D eigenvalue weighted by Gasteiger charge is 2.22. The van der Waals surface area contributed by atoms with Gasteiger partial charge in [0.15, 0.2) is 0 Å². The number of carbonyl (C=O) groups is 1. The number of amides is 1. The average Bonchev–Trinajstić information content (AvgIpc) is 3.11. The fraction of sp³-hybridized carbons (Fsp3) is 0.438. The Bertz CT molecular complexity index is 1050. The van der Waals surface area contributed by atoms with Crippen LogP contribution in [-0.2, 0) is 17.5 Å². The van der Waals surface area contributed by atoms with Gasteiger partial charge < -0.3 is 19.9 Å². The van der Waals surface area contributed by atoms with Gasteiger partial charge >= 0.3 is 6.09 Å². The highest BCUT2D eigenvalue weighted by molar-refractivity contribution is 5.84. The lowest BCUT2D eigenvalue weighted by molar-refractivity contribution is 0.177. The Balaban J connectivity index is 2.05. The van der Waals surface area contributed by atoms with Crippen molar-refractivity contribution in [2.24, 2.45) is 0 Å². The Morgan fingerprint density at radius 2 is 2.48 bits per heavy atom. The van der Waals surface area contributed by atoms with E-state index in [1.807, 2.05) is 0 Å². The number of benzene rings is 1. The van der Waals surface area contributed by atoms with Crippen molar-refractivity contribution in [1.82, 2.24) is 15.2 Å². The molecule has 0 saturated carbocycles. The molecule has 1 aliphatic rings. The summed E-state index contributed by atoms with van der Waals surface area (Å²) in [6.45, 7) is -12.7. The van der Waals surface area contributed by atoms with Gasteiger partial charge in [-0.25, -0.2) is 4.79 Å². The number of cyclic esters (lactones) is 1. The minimum absolute atomic E-state index is 0.0359. The predicted molar refractivity (Wildman–Crippen MR) is 82.5 cm³/mol. The van der Waals surface area contributed by atoms with Gasteiger partial charge in [0, 0.05) is 37.3 Å². The second-order valence-corrected chi connectivity index (χ2v) is 4.56. The van der Waals surface area contributed by atoms with Crippen molar-refractivity contribution < 1.29 is 26.0 Å². The van der Waals surface area contributed by atoms with E-state index in [0.29, 0.717) is 11.1 Å². The van der Waals surface area contributed by atoms with E-state index in [2.05, 4.69) is 15.0 Å². The lowest BCUT2D eigenvalue weighted by Crippen LogP contribution is -2.28. The fourth-order valence-electron chi connectivity index (χ4n) is 2.17. The van der Waals surface area contributed by atoms with Crippen LogP contribution in [0.4, 0.5) is 4.79 Å². The lowest BCUT2D eigenvalue weighted by Gasteiger charge is -2.09. The molecule has 2 aromatic rings. The first-order valence-electron chi connectivity index (χ1n) is 12.2. The molecule has 0 unspecified atom stereocenters. The number of nitrogens with zero attached hydrogens (tertiary/aromatic N) is 1. The summed E-state index contributed by atoms with van der Waals surface area (Å²) < 4.78 is 98.4. The molecule has 2 heterocycles. The van der Waals surface area contributed by atoms with E-state index in [9.17, 15) is 4.79 Å². The maximum Gasteiger partial charge on any atom is 0.407 e. The van der Waals surface area contributed by atoms with Crippen LogP contribution in [0.25, 0.3) is 10.9 Å². The number of ether oxygens (including phenoxy) is 1. The average molecular weight is 299 g/mol. The van der Waals surface area contributed by atoms with Crippen molar-refractivity contribution in [2.45, 2.75) is 18.8 Å². The minimum Gasteiger partial charge on any atom is -0.447 e. The van der Waals surface area contributed by atoms with E-state index < -0.39 is 50.4 Å². The van der Waals surface area contributed by atoms with Gasteiger partial charge in [-0.15, -0.1) is 0 Å². The molecular formula is C16H21N3O2. The van der Waals surface area contributed by atoms with E-state index in [1.165, 1.54) is 12.1 Å². The second-order valence-electron chi connectivity index (χ2n) is 4.56. The van der Waals surface area contributed by atoms with Gasteiger partial charge in [-0.1, -0.05) is 6.07 Å². The summed E-state index contributed by atoms with van der Waals surface area (Å²) in [5.74, 6) is 0. The highest BCUT2D eigenvalue weighted by atomic mass is 16.6. The molecule has 1 saturated heterocycles. The molecule has 0 spiro atoms. The molecule has 5 heteroatoms. The summed E-state index contributed by atoms with van der Waals surface area (Å²) in [7, 11) is 0. The number of alkyl carbamates (subject to hydrolysis) is 1. The van der Waals surface area contributed by atoms with Crippen molar-refractivity contribution in [3.05, 3.63) is 35.5 Å². The smallest absolute Gasteiger partial charge is 0.407 e. The van der Waals surface area contributed by atoms with Gasteiger partial charge in [0.25, 0.3) is 0 Å². The standard InChI is InChI=1S/C16H21N3O2/c1-19(2)6-5-12-9-17-15-4-3-11(8-14(12)15)7-13-10-21-16(20)18-13/h3-4,8-9,13,17H,5-7,10H2,1-2H3,(H,18,20)/t13-/m0/s1/i1D3,2D3,5D2,6D2,10D2. The number of hydrogen-bond donors (Lipinski definition) is 2. The van der Waals surface area contributed by atoms with Crippen LogP contribution in [0.3, 0.4) is 0 Å². The van der Waals surface area contributed by atoms with Crippen LogP contribution in [0.15, 0.2) is 24.4 Å². The highest BCUT2D eigenvalue weighted by Crippen LogP contribution is 2.21. The Kier molecular flexibility index (Phi) is 1.55. The molecule has 3 rings (SSSR count). The summed E-state index contributed by atoms with van der Waals surface area (Å²) in [5, 5.41) is 2.48. The first-order chi connectivity index (χ1) is 14.8. The summed E-state index contributed by atoms with van der Waals surface area (Å²) in [5.41, 5.74) is 0.484. The van der Waals surface area contributed by atoms with Crippen LogP contribution in [0.2, 0.25) is 0 Å². The third kappa shape index (κ3) is 3.19. The van der Waals surface area contributed by atoms with Crippen LogP contribution >= 0.6 is 0 Å². The number of aromatic nitrogens is 1. The molecule has 2 N–H and O–H groups in total. The van der Waals surface area contributed by atoms with Crippen molar-refractivity contribution in [3.8, 4) is 0 Å². The van der Waals surface area contributed by atoms with Gasteiger partial charge in [0.1, 0.15) is 6.56 Å². The first kappa shape index (κ1) is 5.65. The molecule has 1 aromatic carbocycles. The molecule has 0 aliphatic carbocycles. The van der Waals surface area contributed by atoms with Crippen molar-refractivity contribution in [3.63, 3.8) is 0 Å². The summed E-state index contributed by atoms with van der Waals surface area (Å²) >= 11 is 0. The molecule has 1 atom stereocenters. The number of aryl methyl sites for hydroxylation is 1. The topological polar surface area (TPSA) is 57.4 Å². The molecule has 0 radical (unpaired) electrons. The molecule has 1 aliphatic heterocycles. The number of aromatic amines is 1. The van der Waals surface area contributed by atoms with Gasteiger partial charge in [0.2, 0.25) is 0 Å². The zero-order valence-electron chi connectivity index (χ0n) is 22.9. The van der Waals surface area contributed by atoms with Crippen molar-refractivity contribution >= 4 is 17.0 Å². The van der Waals surface area contributed by atoms with E-state index in [-0.39, 0.29) is 17.4 Å². The number of likely N-dealkylation sites (N-methyl/N-ethyl adjacent to an activating group) is 1. The Morgan fingerprint density at radius 1 is 1.57 bits per heavy atom. The molecule has 0 bridgehead atoms. The molecule has 21 heavy (non-hydrogen) atoms. The van der Waals surface area contributed by atoms with Gasteiger partial charge in [-0.3, -0.25) is 0 Å². The third-order valence-corrected chi connectivity index (χ3v) is 3.07. The maximum atomic E-state index is 11.4. The Labute approximate surface area is 141 Å². The first-order valence-corrected chi connectivity index (χ1v) is 6.19. The number of hydrogen-bond acceptors (Lipinski definition) is 3. The Hall–Kier alpha value is -2.01. The van der Waals surface area contributed by atoms with Gasteiger partial charge in [0.05, 0.1) is 8.78 Å². The number of fused-ring (bicyclic) bond motifs is 1. The Morgan fingerprint density at radius 3 is 3.24 bits per heavy atom. The van der Waals surface area contributed by atoms with E-state index >= 15 is 0 Å². The monoisotopic (exact) mass is 299 g/mol. The second kappa shape index (κ2) is 5.77. The SMILES string of the molecule is [2H]C1([2H])OC(=O)N[C@H]1Cc1ccc2[nH]cc(C([2H])([2H])C([2H])([2H])N(C([2H])([2H])[2H])C([2H])([2H])[2H])c2c1. The van der Waals surface area contributed by atoms with Crippen molar-refractivity contribution in [2.75, 3.05) is 27.0 Å². The number of nitrogens with one attached hydrogen (secondary N) is 2. The molecule has 5 nitrogen and oxygen atoms in total. The largest absolute Gasteiger partial charge is 0.447 e. The van der Waals surface area contributed by atoms with E-state index in [0.717, 1.165) is 6.20 Å². The lowest BCUT2D eigenvalue weighted by atomic mass is 10.0.